The van der Waals surface area contributed by atoms with E-state index in [1.807, 2.05) is 49.4 Å². The zero-order valence-electron chi connectivity index (χ0n) is 15.3. The van der Waals surface area contributed by atoms with Crippen LogP contribution >= 0.6 is 11.6 Å². The minimum absolute atomic E-state index is 0.0273. The summed E-state index contributed by atoms with van der Waals surface area (Å²) in [5.74, 6) is -0.0741. The Morgan fingerprint density at radius 2 is 1.81 bits per heavy atom. The van der Waals surface area contributed by atoms with Crippen molar-refractivity contribution in [3.05, 3.63) is 70.2 Å². The summed E-state index contributed by atoms with van der Waals surface area (Å²) in [7, 11) is 0. The topological polar surface area (TPSA) is 49.4 Å². The molecule has 2 aromatic rings. The lowest BCUT2D eigenvalue weighted by atomic mass is 10.1. The quantitative estimate of drug-likeness (QED) is 0.767. The Labute approximate surface area is 160 Å². The van der Waals surface area contributed by atoms with Crippen LogP contribution in [0, 0.1) is 6.92 Å². The molecule has 0 aromatic heterocycles. The van der Waals surface area contributed by atoms with Gasteiger partial charge in [0.1, 0.15) is 0 Å². The van der Waals surface area contributed by atoms with Gasteiger partial charge in [0.25, 0.3) is 0 Å². The highest BCUT2D eigenvalue weighted by molar-refractivity contribution is 6.30. The first-order valence-corrected chi connectivity index (χ1v) is 9.14. The van der Waals surface area contributed by atoms with Gasteiger partial charge in [-0.25, -0.2) is 0 Å². The van der Waals surface area contributed by atoms with E-state index in [9.17, 15) is 9.59 Å². The molecular formula is C21H25ClN2O2. The normalized spacial score (nSPS) is 10.4. The lowest BCUT2D eigenvalue weighted by molar-refractivity contribution is -0.130. The SMILES string of the molecule is CC(=O)N(CCC(=O)NCCc1ccc(Cl)cc1)Cc1cccc(C)c1. The second kappa shape index (κ2) is 9.97. The van der Waals surface area contributed by atoms with Gasteiger partial charge in [-0.2, -0.15) is 0 Å². The van der Waals surface area contributed by atoms with E-state index in [1.54, 1.807) is 4.90 Å². The molecule has 4 nitrogen and oxygen atoms in total. The maximum absolute atomic E-state index is 12.1. The van der Waals surface area contributed by atoms with Crippen molar-refractivity contribution >= 4 is 23.4 Å². The lowest BCUT2D eigenvalue weighted by Gasteiger charge is -2.21. The highest BCUT2D eigenvalue weighted by atomic mass is 35.5. The number of halogens is 1. The highest BCUT2D eigenvalue weighted by Crippen LogP contribution is 2.10. The Morgan fingerprint density at radius 1 is 1.08 bits per heavy atom. The van der Waals surface area contributed by atoms with Crippen molar-refractivity contribution in [2.75, 3.05) is 13.1 Å². The molecule has 0 saturated carbocycles. The van der Waals surface area contributed by atoms with Crippen LogP contribution in [0.3, 0.4) is 0 Å². The van der Waals surface area contributed by atoms with Crippen molar-refractivity contribution in [3.63, 3.8) is 0 Å². The number of nitrogens with one attached hydrogen (secondary N) is 1. The second-order valence-corrected chi connectivity index (χ2v) is 6.84. The molecule has 138 valence electrons. The fourth-order valence-corrected chi connectivity index (χ4v) is 2.83. The van der Waals surface area contributed by atoms with E-state index in [0.29, 0.717) is 31.1 Å². The van der Waals surface area contributed by atoms with E-state index in [-0.39, 0.29) is 11.8 Å². The molecule has 26 heavy (non-hydrogen) atoms. The Morgan fingerprint density at radius 3 is 2.46 bits per heavy atom. The Hall–Kier alpha value is -2.33. The zero-order valence-corrected chi connectivity index (χ0v) is 16.1. The Kier molecular flexibility index (Phi) is 7.67. The van der Waals surface area contributed by atoms with Gasteiger partial charge < -0.3 is 10.2 Å². The minimum atomic E-state index is -0.0468. The van der Waals surface area contributed by atoms with Crippen LogP contribution in [0.1, 0.15) is 30.0 Å². The second-order valence-electron chi connectivity index (χ2n) is 6.41. The van der Waals surface area contributed by atoms with Gasteiger partial charge >= 0.3 is 0 Å². The van der Waals surface area contributed by atoms with Gasteiger partial charge in [-0.05, 0) is 36.6 Å². The largest absolute Gasteiger partial charge is 0.356 e. The van der Waals surface area contributed by atoms with E-state index in [2.05, 4.69) is 11.4 Å². The summed E-state index contributed by atoms with van der Waals surface area (Å²) in [5, 5.41) is 3.61. The average Bonchev–Trinajstić information content (AvgIpc) is 2.60. The third-order valence-corrected chi connectivity index (χ3v) is 4.41. The number of hydrogen-bond acceptors (Lipinski definition) is 2. The maximum atomic E-state index is 12.1. The van der Waals surface area contributed by atoms with Crippen LogP contribution in [-0.4, -0.2) is 29.8 Å². The van der Waals surface area contributed by atoms with Crippen LogP contribution in [0.15, 0.2) is 48.5 Å². The molecule has 0 bridgehead atoms. The molecule has 0 unspecified atom stereocenters. The van der Waals surface area contributed by atoms with Crippen LogP contribution in [0.25, 0.3) is 0 Å². The van der Waals surface area contributed by atoms with Gasteiger partial charge in [0, 0.05) is 38.0 Å². The number of hydrogen-bond donors (Lipinski definition) is 1. The molecule has 2 amide bonds. The summed E-state index contributed by atoms with van der Waals surface area (Å²) in [6.45, 7) is 5.06. The van der Waals surface area contributed by atoms with Crippen molar-refractivity contribution in [2.45, 2.75) is 33.2 Å². The van der Waals surface area contributed by atoms with Crippen molar-refractivity contribution in [2.24, 2.45) is 0 Å². The van der Waals surface area contributed by atoms with Crippen molar-refractivity contribution < 1.29 is 9.59 Å². The molecule has 0 atom stereocenters. The number of carbonyl (C=O) groups is 2. The van der Waals surface area contributed by atoms with Crippen molar-refractivity contribution in [3.8, 4) is 0 Å². The summed E-state index contributed by atoms with van der Waals surface area (Å²) in [4.78, 5) is 25.6. The molecule has 1 N–H and O–H groups in total. The number of aryl methyl sites for hydroxylation is 1. The molecule has 0 aliphatic rings. The lowest BCUT2D eigenvalue weighted by Crippen LogP contribution is -2.34. The third kappa shape index (κ3) is 6.89. The minimum Gasteiger partial charge on any atom is -0.356 e. The summed E-state index contributed by atoms with van der Waals surface area (Å²) < 4.78 is 0. The summed E-state index contributed by atoms with van der Waals surface area (Å²) in [6.07, 6.45) is 1.05. The number of nitrogens with zero attached hydrogens (tertiary/aromatic N) is 1. The third-order valence-electron chi connectivity index (χ3n) is 4.16. The van der Waals surface area contributed by atoms with Crippen LogP contribution in [-0.2, 0) is 22.6 Å². The van der Waals surface area contributed by atoms with Gasteiger partial charge in [-0.1, -0.05) is 53.6 Å². The monoisotopic (exact) mass is 372 g/mol. The molecular weight excluding hydrogens is 348 g/mol. The van der Waals surface area contributed by atoms with E-state index < -0.39 is 0 Å². The maximum Gasteiger partial charge on any atom is 0.221 e. The van der Waals surface area contributed by atoms with E-state index in [0.717, 1.165) is 23.1 Å². The standard InChI is InChI=1S/C21H25ClN2O2/c1-16-4-3-5-19(14-16)15-24(17(2)25)13-11-21(26)23-12-10-18-6-8-20(22)9-7-18/h3-9,14H,10-13,15H2,1-2H3,(H,23,26). The number of benzene rings is 2. The molecule has 0 saturated heterocycles. The van der Waals surface area contributed by atoms with Gasteiger partial charge in [0.05, 0.1) is 0 Å². The van der Waals surface area contributed by atoms with Crippen molar-refractivity contribution in [1.29, 1.82) is 0 Å². The number of amides is 2. The Balaban J connectivity index is 1.76. The van der Waals surface area contributed by atoms with Crippen LogP contribution in [0.5, 0.6) is 0 Å². The van der Waals surface area contributed by atoms with E-state index in [4.69, 9.17) is 11.6 Å². The van der Waals surface area contributed by atoms with Crippen LogP contribution in [0.4, 0.5) is 0 Å². The molecule has 0 aliphatic carbocycles. The zero-order chi connectivity index (χ0) is 18.9. The smallest absolute Gasteiger partial charge is 0.221 e. The molecule has 5 heteroatoms. The first-order chi connectivity index (χ1) is 12.4. The predicted molar refractivity (Wildman–Crippen MR) is 105 cm³/mol. The van der Waals surface area contributed by atoms with Gasteiger partial charge in [0.2, 0.25) is 11.8 Å². The van der Waals surface area contributed by atoms with E-state index in [1.165, 1.54) is 6.92 Å². The highest BCUT2D eigenvalue weighted by Gasteiger charge is 2.12. The molecule has 0 spiro atoms. The van der Waals surface area contributed by atoms with Gasteiger partial charge in [-0.3, -0.25) is 9.59 Å². The molecule has 0 fully saturated rings. The number of rotatable bonds is 8. The van der Waals surface area contributed by atoms with Gasteiger partial charge in [0.15, 0.2) is 0 Å². The summed E-state index contributed by atoms with van der Waals surface area (Å²) in [6, 6.07) is 15.6. The summed E-state index contributed by atoms with van der Waals surface area (Å²) in [5.41, 5.74) is 3.36. The van der Waals surface area contributed by atoms with Crippen molar-refractivity contribution in [1.82, 2.24) is 10.2 Å². The average molecular weight is 373 g/mol. The molecule has 2 aromatic carbocycles. The summed E-state index contributed by atoms with van der Waals surface area (Å²) >= 11 is 5.86. The van der Waals surface area contributed by atoms with E-state index >= 15 is 0 Å². The fourth-order valence-electron chi connectivity index (χ4n) is 2.70. The molecule has 0 radical (unpaired) electrons. The first kappa shape index (κ1) is 20.0. The molecule has 2 rings (SSSR count). The molecule has 0 heterocycles. The van der Waals surface area contributed by atoms with Gasteiger partial charge in [-0.15, -0.1) is 0 Å². The first-order valence-electron chi connectivity index (χ1n) is 8.76. The molecule has 0 aliphatic heterocycles. The fraction of sp³-hybridized carbons (Fsp3) is 0.333. The van der Waals surface area contributed by atoms with Crippen LogP contribution in [0.2, 0.25) is 5.02 Å². The van der Waals surface area contributed by atoms with Crippen LogP contribution < -0.4 is 5.32 Å². The predicted octanol–water partition coefficient (Wildman–Crippen LogP) is 3.75. The number of carbonyl (C=O) groups excluding carboxylic acids is 2. The Bertz CT molecular complexity index is 744.